The number of carbonyl (C=O) groups is 1. The van der Waals surface area contributed by atoms with Crippen LogP contribution in [0.25, 0.3) is 0 Å². The van der Waals surface area contributed by atoms with E-state index in [0.717, 1.165) is 30.6 Å². The predicted octanol–water partition coefficient (Wildman–Crippen LogP) is 5.23. The van der Waals surface area contributed by atoms with Crippen molar-refractivity contribution in [2.75, 3.05) is 31.1 Å². The van der Waals surface area contributed by atoms with Crippen LogP contribution in [-0.4, -0.2) is 42.0 Å². The molecule has 0 radical (unpaired) electrons. The summed E-state index contributed by atoms with van der Waals surface area (Å²) in [5.74, 6) is -0.341. The largest absolute Gasteiger partial charge is 0.367 e. The van der Waals surface area contributed by atoms with Gasteiger partial charge in [0, 0.05) is 39.0 Å². The smallest absolute Gasteiger partial charge is 0.289 e. The Morgan fingerprint density at radius 2 is 1.80 bits per heavy atom. The molecule has 2 atom stereocenters. The predicted molar refractivity (Wildman–Crippen MR) is 115 cm³/mol. The van der Waals surface area contributed by atoms with Crippen LogP contribution in [0.4, 0.5) is 14.5 Å². The molecule has 1 aromatic heterocycles. The summed E-state index contributed by atoms with van der Waals surface area (Å²) >= 11 is 0. The summed E-state index contributed by atoms with van der Waals surface area (Å²) in [6.45, 7) is 4.33. The number of pyridine rings is 1. The van der Waals surface area contributed by atoms with Crippen molar-refractivity contribution >= 4 is 11.6 Å². The molecule has 2 aliphatic carbocycles. The Morgan fingerprint density at radius 3 is 2.37 bits per heavy atom. The zero-order valence-electron chi connectivity index (χ0n) is 18.2. The Hall–Kier alpha value is -1.72. The molecule has 0 aromatic carbocycles. The summed E-state index contributed by atoms with van der Waals surface area (Å²) in [5, 5.41) is 0. The van der Waals surface area contributed by atoms with Crippen LogP contribution in [0.2, 0.25) is 0 Å². The van der Waals surface area contributed by atoms with Gasteiger partial charge in [-0.1, -0.05) is 39.0 Å². The third kappa shape index (κ3) is 4.62. The fraction of sp³-hybridized carbons (Fsp3) is 0.750. The van der Waals surface area contributed by atoms with Crippen LogP contribution >= 0.6 is 0 Å². The first kappa shape index (κ1) is 21.5. The van der Waals surface area contributed by atoms with Gasteiger partial charge in [0.2, 0.25) is 5.91 Å². The van der Waals surface area contributed by atoms with E-state index in [1.807, 2.05) is 4.90 Å². The molecule has 30 heavy (non-hydrogen) atoms. The van der Waals surface area contributed by atoms with E-state index in [2.05, 4.69) is 9.88 Å². The number of alkyl halides is 2. The Labute approximate surface area is 179 Å². The topological polar surface area (TPSA) is 36.4 Å². The van der Waals surface area contributed by atoms with Crippen molar-refractivity contribution < 1.29 is 13.6 Å². The first-order valence-corrected chi connectivity index (χ1v) is 11.8. The van der Waals surface area contributed by atoms with Gasteiger partial charge < -0.3 is 9.80 Å². The molecule has 1 amide bonds. The molecule has 2 heterocycles. The van der Waals surface area contributed by atoms with Crippen LogP contribution in [0.5, 0.6) is 0 Å². The Morgan fingerprint density at radius 1 is 1.07 bits per heavy atom. The number of carbonyl (C=O) groups excluding carboxylic acids is 1. The number of hydrogen-bond donors (Lipinski definition) is 0. The monoisotopic (exact) mass is 419 g/mol. The second-order valence-corrected chi connectivity index (χ2v) is 9.43. The molecule has 2 unspecified atom stereocenters. The van der Waals surface area contributed by atoms with Crippen molar-refractivity contribution in [3.63, 3.8) is 0 Å². The highest BCUT2D eigenvalue weighted by Crippen LogP contribution is 2.46. The van der Waals surface area contributed by atoms with E-state index >= 15 is 0 Å². The minimum absolute atomic E-state index is 0.171. The van der Waals surface area contributed by atoms with Crippen molar-refractivity contribution in [2.45, 2.75) is 70.6 Å². The zero-order chi connectivity index (χ0) is 21.1. The maximum absolute atomic E-state index is 13.8. The van der Waals surface area contributed by atoms with Crippen molar-refractivity contribution in [3.05, 3.63) is 24.0 Å². The van der Waals surface area contributed by atoms with Crippen LogP contribution in [-0.2, 0) is 10.7 Å². The summed E-state index contributed by atoms with van der Waals surface area (Å²) in [6.07, 6.45) is 11.4. The summed E-state index contributed by atoms with van der Waals surface area (Å²) < 4.78 is 27.5. The van der Waals surface area contributed by atoms with E-state index in [0.29, 0.717) is 31.3 Å². The molecule has 6 heteroatoms. The number of anilines is 1. The van der Waals surface area contributed by atoms with Gasteiger partial charge in [-0.25, -0.2) is 0 Å². The number of aromatic nitrogens is 1. The molecule has 2 saturated carbocycles. The minimum Gasteiger partial charge on any atom is -0.367 e. The SMILES string of the molecule is CCC(F)(F)c1ccc(N2CCN(C(=O)CC3CCC3C3CCCCC3)CC2)cn1. The molecule has 0 spiro atoms. The lowest BCUT2D eigenvalue weighted by molar-refractivity contribution is -0.134. The maximum Gasteiger partial charge on any atom is 0.289 e. The minimum atomic E-state index is -2.87. The lowest BCUT2D eigenvalue weighted by atomic mass is 9.62. The Bertz CT molecular complexity index is 710. The van der Waals surface area contributed by atoms with Gasteiger partial charge in [0.05, 0.1) is 11.9 Å². The molecule has 166 valence electrons. The van der Waals surface area contributed by atoms with Gasteiger partial charge >= 0.3 is 0 Å². The second-order valence-electron chi connectivity index (χ2n) is 9.43. The second kappa shape index (κ2) is 9.19. The van der Waals surface area contributed by atoms with E-state index in [9.17, 15) is 13.6 Å². The van der Waals surface area contributed by atoms with Crippen molar-refractivity contribution in [2.24, 2.45) is 17.8 Å². The molecule has 1 aromatic rings. The lowest BCUT2D eigenvalue weighted by Gasteiger charge is -2.44. The van der Waals surface area contributed by atoms with E-state index < -0.39 is 5.92 Å². The van der Waals surface area contributed by atoms with Gasteiger partial charge in [-0.15, -0.1) is 0 Å². The summed E-state index contributed by atoms with van der Waals surface area (Å²) in [4.78, 5) is 21.0. The number of rotatable bonds is 6. The third-order valence-corrected chi connectivity index (χ3v) is 7.73. The molecule has 4 nitrogen and oxygen atoms in total. The van der Waals surface area contributed by atoms with Crippen LogP contribution in [0.15, 0.2) is 18.3 Å². The number of nitrogens with zero attached hydrogens (tertiary/aromatic N) is 3. The molecular formula is C24H35F2N3O. The first-order chi connectivity index (χ1) is 14.5. The first-order valence-electron chi connectivity index (χ1n) is 11.8. The molecule has 3 fully saturated rings. The van der Waals surface area contributed by atoms with Gasteiger partial charge in [0.25, 0.3) is 5.92 Å². The highest BCUT2D eigenvalue weighted by Gasteiger charge is 2.39. The highest BCUT2D eigenvalue weighted by molar-refractivity contribution is 5.77. The molecule has 3 aliphatic rings. The van der Waals surface area contributed by atoms with E-state index in [-0.39, 0.29) is 12.1 Å². The average Bonchev–Trinajstić information content (AvgIpc) is 2.77. The van der Waals surface area contributed by atoms with E-state index in [1.165, 1.54) is 57.9 Å². The fourth-order valence-corrected chi connectivity index (χ4v) is 5.57. The quantitative estimate of drug-likeness (QED) is 0.634. The molecule has 0 N–H and O–H groups in total. The lowest BCUT2D eigenvalue weighted by Crippen LogP contribution is -2.50. The molecule has 4 rings (SSSR count). The summed E-state index contributed by atoms with van der Waals surface area (Å²) in [7, 11) is 0. The number of piperazine rings is 1. The van der Waals surface area contributed by atoms with Gasteiger partial charge in [-0.05, 0) is 42.7 Å². The molecule has 1 saturated heterocycles. The summed E-state index contributed by atoms with van der Waals surface area (Å²) in [5.41, 5.74) is 0.685. The normalized spacial score (nSPS) is 25.8. The zero-order valence-corrected chi connectivity index (χ0v) is 18.2. The third-order valence-electron chi connectivity index (χ3n) is 7.73. The van der Waals surface area contributed by atoms with Crippen LogP contribution < -0.4 is 4.90 Å². The Balaban J connectivity index is 1.25. The molecule has 0 bridgehead atoms. The van der Waals surface area contributed by atoms with Crippen LogP contribution in [0.3, 0.4) is 0 Å². The molecule has 1 aliphatic heterocycles. The van der Waals surface area contributed by atoms with Crippen LogP contribution in [0.1, 0.15) is 70.4 Å². The molecular weight excluding hydrogens is 384 g/mol. The van der Waals surface area contributed by atoms with Gasteiger partial charge in [0.1, 0.15) is 5.69 Å². The van der Waals surface area contributed by atoms with E-state index in [1.54, 1.807) is 12.3 Å². The number of hydrogen-bond acceptors (Lipinski definition) is 3. The summed E-state index contributed by atoms with van der Waals surface area (Å²) in [6, 6.07) is 3.16. The fourth-order valence-electron chi connectivity index (χ4n) is 5.57. The number of amides is 1. The highest BCUT2D eigenvalue weighted by atomic mass is 19.3. The number of halogens is 2. The average molecular weight is 420 g/mol. The van der Waals surface area contributed by atoms with Gasteiger partial charge in [-0.2, -0.15) is 8.78 Å². The van der Waals surface area contributed by atoms with Crippen molar-refractivity contribution in [1.29, 1.82) is 0 Å². The van der Waals surface area contributed by atoms with Gasteiger partial charge in [0.15, 0.2) is 0 Å². The van der Waals surface area contributed by atoms with Crippen molar-refractivity contribution in [1.82, 2.24) is 9.88 Å². The Kier molecular flexibility index (Phi) is 6.59. The maximum atomic E-state index is 13.8. The van der Waals surface area contributed by atoms with Crippen molar-refractivity contribution in [3.8, 4) is 0 Å². The van der Waals surface area contributed by atoms with E-state index in [4.69, 9.17) is 0 Å². The standard InChI is InChI=1S/C24H35F2N3O/c1-2-24(25,26)22-11-9-20(17-27-22)28-12-14-29(15-13-28)23(30)16-19-8-10-21(19)18-6-4-3-5-7-18/h9,11,17-19,21H,2-8,10,12-16H2,1H3. The van der Waals surface area contributed by atoms with Gasteiger partial charge in [-0.3, -0.25) is 9.78 Å². The van der Waals surface area contributed by atoms with Crippen LogP contribution in [0, 0.1) is 17.8 Å².